The Kier molecular flexibility index (Phi) is 2.04. The average Bonchev–Trinajstić information content (AvgIpc) is 2.34. The smallest absolute Gasteiger partial charge is 0.207 e. The van der Waals surface area contributed by atoms with Gasteiger partial charge in [-0.15, -0.1) is 5.10 Å². The molecule has 1 rings (SSSR count). The largest absolute Gasteiger partial charge is 0.234 e. The fraction of sp³-hybridized carbons (Fsp3) is 0.333. The zero-order valence-electron chi connectivity index (χ0n) is 4.40. The van der Waals surface area contributed by atoms with Gasteiger partial charge in [-0.1, -0.05) is 11.8 Å². The van der Waals surface area contributed by atoms with Crippen LogP contribution in [-0.2, 0) is 0 Å². The molecular weight excluding hydrogens is 138 g/mol. The highest BCUT2D eigenvalue weighted by atomic mass is 32.2. The number of nitriles is 1. The van der Waals surface area contributed by atoms with E-state index >= 15 is 0 Å². The van der Waals surface area contributed by atoms with Gasteiger partial charge >= 0.3 is 0 Å². The van der Waals surface area contributed by atoms with Gasteiger partial charge in [-0.3, -0.25) is 0 Å². The van der Waals surface area contributed by atoms with Crippen molar-refractivity contribution in [3.63, 3.8) is 0 Å². The number of thioether (sulfide) groups is 1. The Hall–Kier alpha value is -1.09. The Morgan fingerprint density at radius 3 is 3.22 bits per heavy atom. The maximum Gasteiger partial charge on any atom is 0.207 e. The van der Waals surface area contributed by atoms with E-state index < -0.39 is 0 Å². The second-order valence-electron chi connectivity index (χ2n) is 1.15. The zero-order valence-corrected chi connectivity index (χ0v) is 5.22. The number of hydrogen-bond acceptors (Lipinski definition) is 5. The summed E-state index contributed by atoms with van der Waals surface area (Å²) in [7, 11) is 0. The van der Waals surface area contributed by atoms with Crippen LogP contribution in [0.2, 0.25) is 0 Å². The van der Waals surface area contributed by atoms with Crippen molar-refractivity contribution < 1.29 is 0 Å². The van der Waals surface area contributed by atoms with Crippen LogP contribution in [-0.4, -0.2) is 26.4 Å². The van der Waals surface area contributed by atoms with Crippen molar-refractivity contribution in [1.29, 1.82) is 5.26 Å². The van der Waals surface area contributed by atoms with Crippen molar-refractivity contribution in [3.8, 4) is 6.07 Å². The minimum absolute atomic E-state index is 0.372. The molecule has 1 N–H and O–H groups in total. The summed E-state index contributed by atoms with van der Waals surface area (Å²) in [6.07, 6.45) is 0. The van der Waals surface area contributed by atoms with Crippen molar-refractivity contribution in [3.05, 3.63) is 0 Å². The Morgan fingerprint density at radius 1 is 1.78 bits per heavy atom. The summed E-state index contributed by atoms with van der Waals surface area (Å²) in [5.41, 5.74) is 0. The number of tetrazole rings is 1. The van der Waals surface area contributed by atoms with E-state index in [1.807, 2.05) is 6.07 Å². The van der Waals surface area contributed by atoms with Gasteiger partial charge in [-0.05, 0) is 10.4 Å². The van der Waals surface area contributed by atoms with Crippen LogP contribution in [0.25, 0.3) is 0 Å². The molecule has 0 saturated carbocycles. The molecule has 1 aromatic rings. The molecule has 1 heterocycles. The van der Waals surface area contributed by atoms with Gasteiger partial charge in [0.15, 0.2) is 0 Å². The molecule has 0 bridgehead atoms. The highest BCUT2D eigenvalue weighted by molar-refractivity contribution is 7.99. The van der Waals surface area contributed by atoms with E-state index in [1.165, 1.54) is 11.8 Å². The van der Waals surface area contributed by atoms with Crippen molar-refractivity contribution in [2.45, 2.75) is 5.16 Å². The lowest BCUT2D eigenvalue weighted by Crippen LogP contribution is -1.75. The first-order valence-electron chi connectivity index (χ1n) is 2.17. The van der Waals surface area contributed by atoms with Gasteiger partial charge in [0.25, 0.3) is 0 Å². The first kappa shape index (κ1) is 6.04. The lowest BCUT2D eigenvalue weighted by molar-refractivity contribution is 0.881. The van der Waals surface area contributed by atoms with Crippen molar-refractivity contribution in [2.75, 3.05) is 5.75 Å². The SMILES string of the molecule is N#CCSc1nnn[nH]1. The van der Waals surface area contributed by atoms with Crippen LogP contribution in [0.5, 0.6) is 0 Å². The fourth-order valence-electron chi connectivity index (χ4n) is 0.312. The quantitative estimate of drug-likeness (QED) is 0.578. The summed E-state index contributed by atoms with van der Waals surface area (Å²) in [5, 5.41) is 21.4. The molecule has 1 aromatic heterocycles. The van der Waals surface area contributed by atoms with Crippen LogP contribution >= 0.6 is 11.8 Å². The maximum atomic E-state index is 8.11. The zero-order chi connectivity index (χ0) is 6.53. The minimum Gasteiger partial charge on any atom is -0.234 e. The second-order valence-corrected chi connectivity index (χ2v) is 2.12. The third-order valence-electron chi connectivity index (χ3n) is 0.599. The third-order valence-corrected chi connectivity index (χ3v) is 1.32. The molecule has 0 amide bonds. The summed E-state index contributed by atoms with van der Waals surface area (Å²) >= 11 is 1.27. The Balaban J connectivity index is 2.41. The molecule has 0 atom stereocenters. The van der Waals surface area contributed by atoms with Gasteiger partial charge in [0.05, 0.1) is 11.8 Å². The number of nitrogens with zero attached hydrogens (tertiary/aromatic N) is 4. The summed E-state index contributed by atoms with van der Waals surface area (Å²) in [6, 6.07) is 1.95. The standard InChI is InChI=1S/C3H3N5S/c4-1-2-9-3-5-7-8-6-3/h2H2,(H,5,6,7,8). The van der Waals surface area contributed by atoms with E-state index in [-0.39, 0.29) is 0 Å². The number of hydrogen-bond donors (Lipinski definition) is 1. The molecule has 0 aliphatic heterocycles. The topological polar surface area (TPSA) is 78.2 Å². The van der Waals surface area contributed by atoms with Crippen LogP contribution in [0.15, 0.2) is 5.16 Å². The first-order chi connectivity index (χ1) is 4.43. The summed E-state index contributed by atoms with van der Waals surface area (Å²) in [4.78, 5) is 0. The molecule has 5 nitrogen and oxygen atoms in total. The average molecular weight is 141 g/mol. The molecule has 0 fully saturated rings. The van der Waals surface area contributed by atoms with Crippen molar-refractivity contribution >= 4 is 11.8 Å². The lowest BCUT2D eigenvalue weighted by Gasteiger charge is -1.80. The number of H-pyrrole nitrogens is 1. The summed E-state index contributed by atoms with van der Waals surface area (Å²) < 4.78 is 0. The van der Waals surface area contributed by atoms with Crippen LogP contribution in [0.3, 0.4) is 0 Å². The van der Waals surface area contributed by atoms with Gasteiger partial charge in [0.2, 0.25) is 5.16 Å². The molecular formula is C3H3N5S. The Morgan fingerprint density at radius 2 is 2.67 bits per heavy atom. The summed E-state index contributed by atoms with van der Waals surface area (Å²) in [5.74, 6) is 0.372. The Bertz CT molecular complexity index is 198. The van der Waals surface area contributed by atoms with E-state index in [0.29, 0.717) is 10.9 Å². The molecule has 0 aromatic carbocycles. The monoisotopic (exact) mass is 141 g/mol. The summed E-state index contributed by atoms with van der Waals surface area (Å²) in [6.45, 7) is 0. The highest BCUT2D eigenvalue weighted by Gasteiger charge is 1.93. The van der Waals surface area contributed by atoms with Crippen LogP contribution < -0.4 is 0 Å². The number of aromatic amines is 1. The molecule has 46 valence electrons. The van der Waals surface area contributed by atoms with E-state index in [0.717, 1.165) is 0 Å². The van der Waals surface area contributed by atoms with Crippen LogP contribution in [0.4, 0.5) is 0 Å². The molecule has 0 radical (unpaired) electrons. The van der Waals surface area contributed by atoms with Gasteiger partial charge < -0.3 is 0 Å². The maximum absolute atomic E-state index is 8.11. The predicted octanol–water partition coefficient (Wildman–Crippen LogP) is -0.185. The lowest BCUT2D eigenvalue weighted by atomic mass is 10.9. The van der Waals surface area contributed by atoms with E-state index in [1.54, 1.807) is 0 Å². The predicted molar refractivity (Wildman–Crippen MR) is 30.5 cm³/mol. The van der Waals surface area contributed by atoms with Crippen molar-refractivity contribution in [1.82, 2.24) is 20.6 Å². The van der Waals surface area contributed by atoms with E-state index in [9.17, 15) is 0 Å². The molecule has 0 aliphatic carbocycles. The first-order valence-corrected chi connectivity index (χ1v) is 3.15. The molecule has 0 aliphatic rings. The van der Waals surface area contributed by atoms with Gasteiger partial charge in [0.1, 0.15) is 0 Å². The van der Waals surface area contributed by atoms with Crippen molar-refractivity contribution in [2.24, 2.45) is 0 Å². The van der Waals surface area contributed by atoms with Gasteiger partial charge in [-0.2, -0.15) is 5.26 Å². The molecule has 0 spiro atoms. The normalized spacial score (nSPS) is 8.78. The highest BCUT2D eigenvalue weighted by Crippen LogP contribution is 2.07. The Labute approximate surface area is 55.5 Å². The van der Waals surface area contributed by atoms with Crippen LogP contribution in [0.1, 0.15) is 0 Å². The van der Waals surface area contributed by atoms with E-state index in [4.69, 9.17) is 5.26 Å². The van der Waals surface area contributed by atoms with E-state index in [2.05, 4.69) is 20.6 Å². The van der Waals surface area contributed by atoms with Crippen LogP contribution in [0, 0.1) is 11.3 Å². The number of nitrogens with one attached hydrogen (secondary N) is 1. The second kappa shape index (κ2) is 3.04. The molecule has 6 heteroatoms. The fourth-order valence-corrected chi connectivity index (χ4v) is 0.713. The van der Waals surface area contributed by atoms with Gasteiger partial charge in [0, 0.05) is 0 Å². The number of aromatic nitrogens is 4. The minimum atomic E-state index is 0.372. The molecule has 9 heavy (non-hydrogen) atoms. The molecule has 0 unspecified atom stereocenters. The number of rotatable bonds is 2. The third kappa shape index (κ3) is 1.70. The molecule has 0 saturated heterocycles. The van der Waals surface area contributed by atoms with Gasteiger partial charge in [-0.25, -0.2) is 5.10 Å².